The number of carbonyl (C=O) groups excluding carboxylic acids is 4. The minimum atomic E-state index is -3.76. The lowest BCUT2D eigenvalue weighted by atomic mass is 9.97. The van der Waals surface area contributed by atoms with Crippen molar-refractivity contribution in [2.45, 2.75) is 62.9 Å². The normalized spacial score (nSPS) is 21.7. The van der Waals surface area contributed by atoms with Crippen LogP contribution in [0.3, 0.4) is 0 Å². The molecule has 6 rings (SSSR count). The molecule has 4 N–H and O–H groups in total. The molecule has 12 nitrogen and oxygen atoms in total. The number of piperidine rings is 1. The van der Waals surface area contributed by atoms with Crippen LogP contribution in [0.4, 0.5) is 5.82 Å². The van der Waals surface area contributed by atoms with E-state index >= 15 is 0 Å². The number of anilines is 1. The van der Waals surface area contributed by atoms with Crippen molar-refractivity contribution in [1.29, 1.82) is 0 Å². The van der Waals surface area contributed by atoms with Gasteiger partial charge in [-0.3, -0.25) is 19.2 Å². The number of pyridine rings is 1. The first-order valence-electron chi connectivity index (χ1n) is 13.6. The predicted octanol–water partition coefficient (Wildman–Crippen LogP) is 1.68. The highest BCUT2D eigenvalue weighted by molar-refractivity contribution is 7.91. The monoisotopic (exact) mass is 578 g/mol. The van der Waals surface area contributed by atoms with E-state index in [-0.39, 0.29) is 41.4 Å². The maximum atomic E-state index is 13.7. The number of hydrogen-bond acceptors (Lipinski definition) is 7. The number of carbonyl (C=O) groups is 4. The van der Waals surface area contributed by atoms with Gasteiger partial charge in [-0.15, -0.1) is 0 Å². The molecule has 2 bridgehead atoms. The first-order chi connectivity index (χ1) is 19.5. The molecule has 3 aliphatic rings. The molecule has 3 heterocycles. The summed E-state index contributed by atoms with van der Waals surface area (Å²) in [5.41, 5.74) is 6.99. The van der Waals surface area contributed by atoms with E-state index in [9.17, 15) is 27.6 Å². The first kappa shape index (κ1) is 26.9. The van der Waals surface area contributed by atoms with Gasteiger partial charge in [0.05, 0.1) is 10.8 Å². The summed E-state index contributed by atoms with van der Waals surface area (Å²) < 4.78 is 28.1. The van der Waals surface area contributed by atoms with Crippen molar-refractivity contribution >= 4 is 50.4 Å². The molecule has 0 radical (unpaired) electrons. The highest BCUT2D eigenvalue weighted by Crippen LogP contribution is 2.43. The summed E-state index contributed by atoms with van der Waals surface area (Å²) in [4.78, 5) is 58.0. The second-order valence-electron chi connectivity index (χ2n) is 11.1. The molecule has 0 unspecified atom stereocenters. The number of benzene rings is 1. The van der Waals surface area contributed by atoms with E-state index in [1.54, 1.807) is 27.7 Å². The Kier molecular flexibility index (Phi) is 6.56. The highest BCUT2D eigenvalue weighted by Gasteiger charge is 2.51. The van der Waals surface area contributed by atoms with Gasteiger partial charge < -0.3 is 20.5 Å². The van der Waals surface area contributed by atoms with Gasteiger partial charge >= 0.3 is 0 Å². The van der Waals surface area contributed by atoms with Crippen LogP contribution >= 0.6 is 0 Å². The summed E-state index contributed by atoms with van der Waals surface area (Å²) in [5.74, 6) is -1.65. The van der Waals surface area contributed by atoms with Crippen molar-refractivity contribution in [2.24, 2.45) is 11.7 Å². The van der Waals surface area contributed by atoms with Crippen molar-refractivity contribution in [2.75, 3.05) is 5.32 Å². The highest BCUT2D eigenvalue weighted by atomic mass is 32.2. The molecule has 4 amide bonds. The van der Waals surface area contributed by atoms with Crippen LogP contribution in [0.1, 0.15) is 58.5 Å². The van der Waals surface area contributed by atoms with Gasteiger partial charge in [0.15, 0.2) is 0 Å². The van der Waals surface area contributed by atoms with Gasteiger partial charge in [-0.2, -0.15) is 0 Å². The number of amides is 4. The molecule has 1 aromatic carbocycles. The van der Waals surface area contributed by atoms with Gasteiger partial charge in [-0.05, 0) is 75.3 Å². The Morgan fingerprint density at radius 3 is 2.56 bits per heavy atom. The van der Waals surface area contributed by atoms with E-state index in [4.69, 9.17) is 5.73 Å². The lowest BCUT2D eigenvalue weighted by Gasteiger charge is -2.34. The Morgan fingerprint density at radius 2 is 1.85 bits per heavy atom. The molecule has 2 aromatic heterocycles. The number of aromatic nitrogens is 2. The number of rotatable bonds is 8. The quantitative estimate of drug-likeness (QED) is 0.365. The summed E-state index contributed by atoms with van der Waals surface area (Å²) in [6.07, 6.45) is 4.87. The van der Waals surface area contributed by atoms with E-state index in [1.807, 2.05) is 13.0 Å². The maximum Gasteiger partial charge on any atom is 0.264 e. The molecule has 3 fully saturated rings. The number of nitrogens with zero attached hydrogens (tertiary/aromatic N) is 3. The molecular formula is C28H30N6O6S. The minimum absolute atomic E-state index is 0.0457. The van der Waals surface area contributed by atoms with Crippen LogP contribution in [0.5, 0.6) is 0 Å². The van der Waals surface area contributed by atoms with Crippen molar-refractivity contribution in [3.05, 3.63) is 59.4 Å². The van der Waals surface area contributed by atoms with Crippen molar-refractivity contribution in [1.82, 2.24) is 19.2 Å². The predicted molar refractivity (Wildman–Crippen MR) is 149 cm³/mol. The fourth-order valence-corrected chi connectivity index (χ4v) is 7.44. The summed E-state index contributed by atoms with van der Waals surface area (Å²) in [5, 5.41) is 2.62. The summed E-state index contributed by atoms with van der Waals surface area (Å²) in [6.45, 7) is 1.68. The molecular weight excluding hydrogens is 548 g/mol. The molecule has 41 heavy (non-hydrogen) atoms. The lowest BCUT2D eigenvalue weighted by molar-refractivity contribution is -0.141. The minimum Gasteiger partial charge on any atom is -0.366 e. The zero-order valence-corrected chi connectivity index (χ0v) is 23.2. The van der Waals surface area contributed by atoms with Gasteiger partial charge in [0, 0.05) is 34.4 Å². The molecule has 3 aromatic rings. The Bertz CT molecular complexity index is 1710. The summed E-state index contributed by atoms with van der Waals surface area (Å²) in [6, 6.07) is 9.03. The number of aryl methyl sites for hydroxylation is 1. The van der Waals surface area contributed by atoms with Crippen LogP contribution < -0.4 is 15.8 Å². The molecule has 0 spiro atoms. The maximum absolute atomic E-state index is 13.7. The number of likely N-dealkylation sites (tertiary alicyclic amines) is 1. The second-order valence-corrected chi connectivity index (χ2v) is 13.0. The lowest BCUT2D eigenvalue weighted by Crippen LogP contribution is -2.51. The van der Waals surface area contributed by atoms with E-state index in [0.717, 1.165) is 25.0 Å². The van der Waals surface area contributed by atoms with Crippen molar-refractivity contribution in [3.63, 3.8) is 0 Å². The molecule has 214 valence electrons. The standard InChI is InChI=1S/C28H30N6O6S/c1-15-3-2-4-23(30-15)31-28(38)25-16-5-7-18(11-16)34(25)24(35)14-33-13-21(26(29)36)20-12-17(6-10-22(20)33)27(37)32-41(39,40)19-8-9-19/h2-4,6,10,12-13,16,18-19,25H,5,7-9,11,14H2,1H3,(H2,29,36)(H,32,37)(H,30,31,38)/t16-,18+,25-/m0/s1. The van der Waals surface area contributed by atoms with Gasteiger partial charge in [0.25, 0.3) is 11.8 Å². The van der Waals surface area contributed by atoms with Gasteiger partial charge in [0.1, 0.15) is 18.4 Å². The van der Waals surface area contributed by atoms with Crippen LogP contribution in [0.25, 0.3) is 10.9 Å². The smallest absolute Gasteiger partial charge is 0.264 e. The number of sulfonamides is 1. The topological polar surface area (TPSA) is 174 Å². The number of nitrogens with one attached hydrogen (secondary N) is 2. The van der Waals surface area contributed by atoms with E-state index in [2.05, 4.69) is 15.0 Å². The first-order valence-corrected chi connectivity index (χ1v) is 15.1. The fourth-order valence-electron chi connectivity index (χ4n) is 6.14. The largest absolute Gasteiger partial charge is 0.366 e. The zero-order chi connectivity index (χ0) is 29.1. The van der Waals surface area contributed by atoms with Gasteiger partial charge in [0.2, 0.25) is 21.8 Å². The average Bonchev–Trinajstić information content (AvgIpc) is 3.45. The Labute approximate surface area is 236 Å². The fraction of sp³-hybridized carbons (Fsp3) is 0.393. The van der Waals surface area contributed by atoms with Crippen LogP contribution in [-0.4, -0.2) is 63.8 Å². The molecule has 3 atom stereocenters. The SMILES string of the molecule is Cc1cccc(NC(=O)[C@@H]2[C@H]3CC[C@H](C3)N2C(=O)Cn2cc(C(N)=O)c3cc(C(=O)NS(=O)(=O)C4CC4)ccc32)n1. The second kappa shape index (κ2) is 9.98. The van der Waals surface area contributed by atoms with Gasteiger partial charge in [-0.25, -0.2) is 18.1 Å². The third kappa shape index (κ3) is 5.05. The van der Waals surface area contributed by atoms with Crippen LogP contribution in [0.2, 0.25) is 0 Å². The zero-order valence-electron chi connectivity index (χ0n) is 22.4. The number of primary amides is 1. The van der Waals surface area contributed by atoms with Crippen LogP contribution in [0, 0.1) is 12.8 Å². The Balaban J connectivity index is 1.25. The molecule has 2 saturated carbocycles. The third-order valence-electron chi connectivity index (χ3n) is 8.19. The molecule has 1 aliphatic heterocycles. The molecule has 13 heteroatoms. The Hall–Kier alpha value is -4.26. The summed E-state index contributed by atoms with van der Waals surface area (Å²) >= 11 is 0. The van der Waals surface area contributed by atoms with Crippen LogP contribution in [0.15, 0.2) is 42.6 Å². The number of nitrogens with two attached hydrogens (primary N) is 1. The van der Waals surface area contributed by atoms with Crippen molar-refractivity contribution in [3.8, 4) is 0 Å². The van der Waals surface area contributed by atoms with Crippen LogP contribution in [-0.2, 0) is 26.2 Å². The number of hydrogen-bond donors (Lipinski definition) is 3. The average molecular weight is 579 g/mol. The van der Waals surface area contributed by atoms with E-state index in [0.29, 0.717) is 29.6 Å². The van der Waals surface area contributed by atoms with E-state index in [1.165, 1.54) is 18.3 Å². The Morgan fingerprint density at radius 1 is 1.07 bits per heavy atom. The third-order valence-corrected chi connectivity index (χ3v) is 10.0. The molecule has 2 aliphatic carbocycles. The summed E-state index contributed by atoms with van der Waals surface area (Å²) in [7, 11) is -3.76. The molecule has 1 saturated heterocycles. The van der Waals surface area contributed by atoms with E-state index < -0.39 is 33.1 Å². The number of fused-ring (bicyclic) bond motifs is 3. The van der Waals surface area contributed by atoms with Gasteiger partial charge in [-0.1, -0.05) is 6.07 Å². The van der Waals surface area contributed by atoms with Crippen molar-refractivity contribution < 1.29 is 27.6 Å².